The molecule has 0 spiro atoms. The second-order valence-electron chi connectivity index (χ2n) is 4.22. The van der Waals surface area contributed by atoms with Crippen LogP contribution in [0.3, 0.4) is 0 Å². The Bertz CT molecular complexity index is 209. The van der Waals surface area contributed by atoms with E-state index in [0.29, 0.717) is 6.10 Å². The van der Waals surface area contributed by atoms with Gasteiger partial charge in [0.15, 0.2) is 0 Å². The van der Waals surface area contributed by atoms with Gasteiger partial charge in [-0.2, -0.15) is 0 Å². The summed E-state index contributed by atoms with van der Waals surface area (Å²) in [6.07, 6.45) is 10.0. The van der Waals surface area contributed by atoms with Crippen molar-refractivity contribution in [3.63, 3.8) is 0 Å². The highest BCUT2D eigenvalue weighted by Crippen LogP contribution is 2.26. The number of ether oxygens (including phenoxy) is 1. The van der Waals surface area contributed by atoms with E-state index in [1.807, 2.05) is 0 Å². The van der Waals surface area contributed by atoms with Crippen LogP contribution in [-0.4, -0.2) is 18.8 Å². The highest BCUT2D eigenvalue weighted by Gasteiger charge is 2.28. The molecule has 2 unspecified atom stereocenters. The summed E-state index contributed by atoms with van der Waals surface area (Å²) in [5, 5.41) is 0. The Morgan fingerprint density at radius 3 is 2.93 bits per heavy atom. The van der Waals surface area contributed by atoms with E-state index in [9.17, 15) is 0 Å². The summed E-state index contributed by atoms with van der Waals surface area (Å²) < 4.78 is 5.68. The Morgan fingerprint density at radius 1 is 1.43 bits per heavy atom. The van der Waals surface area contributed by atoms with Crippen LogP contribution in [0.4, 0.5) is 0 Å². The van der Waals surface area contributed by atoms with Crippen LogP contribution in [0.2, 0.25) is 0 Å². The van der Waals surface area contributed by atoms with Crippen LogP contribution in [0, 0.1) is 0 Å². The van der Waals surface area contributed by atoms with Crippen LogP contribution in [0.15, 0.2) is 11.6 Å². The van der Waals surface area contributed by atoms with Crippen LogP contribution in [0.1, 0.15) is 38.5 Å². The Hall–Kier alpha value is -0.380. The molecule has 14 heavy (non-hydrogen) atoms. The standard InChI is InChI=1S/C11H20N2O/c12-13-11(10-7-4-8-14-10)9-5-2-1-3-6-9/h5,10-11,13H,1-4,6-8,12H2. The van der Waals surface area contributed by atoms with Gasteiger partial charge in [-0.3, -0.25) is 11.3 Å². The minimum Gasteiger partial charge on any atom is -0.376 e. The number of hydrogen-bond acceptors (Lipinski definition) is 3. The van der Waals surface area contributed by atoms with Crippen molar-refractivity contribution < 1.29 is 4.74 Å². The fraction of sp³-hybridized carbons (Fsp3) is 0.818. The first kappa shape index (κ1) is 10.1. The Kier molecular flexibility index (Phi) is 3.56. The Labute approximate surface area is 85.7 Å². The maximum absolute atomic E-state index is 5.68. The second kappa shape index (κ2) is 4.91. The van der Waals surface area contributed by atoms with Crippen molar-refractivity contribution in [2.75, 3.05) is 6.61 Å². The monoisotopic (exact) mass is 196 g/mol. The fourth-order valence-electron chi connectivity index (χ4n) is 2.46. The van der Waals surface area contributed by atoms with E-state index in [-0.39, 0.29) is 6.04 Å². The predicted molar refractivity (Wildman–Crippen MR) is 56.6 cm³/mol. The van der Waals surface area contributed by atoms with E-state index in [4.69, 9.17) is 10.6 Å². The van der Waals surface area contributed by atoms with Gasteiger partial charge in [-0.05, 0) is 38.5 Å². The van der Waals surface area contributed by atoms with Crippen LogP contribution in [-0.2, 0) is 4.74 Å². The molecule has 1 saturated heterocycles. The largest absolute Gasteiger partial charge is 0.376 e. The molecule has 2 rings (SSSR count). The number of rotatable bonds is 3. The van der Waals surface area contributed by atoms with Crippen LogP contribution in [0.5, 0.6) is 0 Å². The second-order valence-corrected chi connectivity index (χ2v) is 4.22. The Balaban J connectivity index is 1.99. The average Bonchev–Trinajstić information content (AvgIpc) is 2.74. The van der Waals surface area contributed by atoms with Crippen LogP contribution < -0.4 is 11.3 Å². The summed E-state index contributed by atoms with van der Waals surface area (Å²) in [6, 6.07) is 0.262. The van der Waals surface area contributed by atoms with Gasteiger partial charge in [-0.25, -0.2) is 0 Å². The topological polar surface area (TPSA) is 47.3 Å². The molecule has 3 heteroatoms. The third-order valence-electron chi connectivity index (χ3n) is 3.24. The lowest BCUT2D eigenvalue weighted by Crippen LogP contribution is -2.45. The predicted octanol–water partition coefficient (Wildman–Crippen LogP) is 1.50. The Morgan fingerprint density at radius 2 is 2.36 bits per heavy atom. The lowest BCUT2D eigenvalue weighted by atomic mass is 9.90. The third-order valence-corrected chi connectivity index (χ3v) is 3.24. The molecule has 80 valence electrons. The van der Waals surface area contributed by atoms with E-state index in [1.54, 1.807) is 0 Å². The molecular weight excluding hydrogens is 176 g/mol. The highest BCUT2D eigenvalue weighted by molar-refractivity contribution is 5.15. The molecular formula is C11H20N2O. The van der Waals surface area contributed by atoms with Gasteiger partial charge < -0.3 is 4.74 Å². The van der Waals surface area contributed by atoms with Gasteiger partial charge in [-0.1, -0.05) is 11.6 Å². The normalized spacial score (nSPS) is 30.1. The first-order chi connectivity index (χ1) is 6.92. The molecule has 0 amide bonds. The van der Waals surface area contributed by atoms with Gasteiger partial charge in [0.05, 0.1) is 12.1 Å². The smallest absolute Gasteiger partial charge is 0.0780 e. The van der Waals surface area contributed by atoms with Crippen LogP contribution >= 0.6 is 0 Å². The van der Waals surface area contributed by atoms with E-state index in [0.717, 1.165) is 13.0 Å². The van der Waals surface area contributed by atoms with Crippen molar-refractivity contribution in [1.82, 2.24) is 5.43 Å². The van der Waals surface area contributed by atoms with Gasteiger partial charge in [0.1, 0.15) is 0 Å². The zero-order valence-electron chi connectivity index (χ0n) is 8.67. The molecule has 0 aromatic carbocycles. The molecule has 1 fully saturated rings. The molecule has 2 atom stereocenters. The number of hydrazine groups is 1. The average molecular weight is 196 g/mol. The summed E-state index contributed by atoms with van der Waals surface area (Å²) in [4.78, 5) is 0. The quantitative estimate of drug-likeness (QED) is 0.408. The third kappa shape index (κ3) is 2.16. The van der Waals surface area contributed by atoms with Gasteiger partial charge in [0.25, 0.3) is 0 Å². The number of nitrogens with two attached hydrogens (primary N) is 1. The number of allylic oxidation sites excluding steroid dienone is 1. The summed E-state index contributed by atoms with van der Waals surface area (Å²) in [6.45, 7) is 0.899. The first-order valence-electron chi connectivity index (χ1n) is 5.68. The lowest BCUT2D eigenvalue weighted by Gasteiger charge is -2.27. The fourth-order valence-corrected chi connectivity index (χ4v) is 2.46. The van der Waals surface area contributed by atoms with Crippen LogP contribution in [0.25, 0.3) is 0 Å². The molecule has 0 aromatic heterocycles. The molecule has 1 heterocycles. The molecule has 0 saturated carbocycles. The van der Waals surface area contributed by atoms with E-state index in [2.05, 4.69) is 11.5 Å². The van der Waals surface area contributed by atoms with Crippen molar-refractivity contribution in [3.8, 4) is 0 Å². The summed E-state index contributed by atoms with van der Waals surface area (Å²) in [5.74, 6) is 5.61. The van der Waals surface area contributed by atoms with Crippen molar-refractivity contribution in [3.05, 3.63) is 11.6 Å². The zero-order valence-corrected chi connectivity index (χ0v) is 8.67. The van der Waals surface area contributed by atoms with Crippen molar-refractivity contribution in [2.24, 2.45) is 5.84 Å². The van der Waals surface area contributed by atoms with Gasteiger partial charge in [0.2, 0.25) is 0 Å². The molecule has 0 bridgehead atoms. The minimum atomic E-state index is 0.262. The molecule has 1 aliphatic heterocycles. The highest BCUT2D eigenvalue weighted by atomic mass is 16.5. The molecule has 0 radical (unpaired) electrons. The van der Waals surface area contributed by atoms with E-state index in [1.165, 1.54) is 37.7 Å². The van der Waals surface area contributed by atoms with Gasteiger partial charge >= 0.3 is 0 Å². The molecule has 1 aliphatic carbocycles. The summed E-state index contributed by atoms with van der Waals surface area (Å²) in [7, 11) is 0. The van der Waals surface area contributed by atoms with Gasteiger partial charge in [0, 0.05) is 6.61 Å². The van der Waals surface area contributed by atoms with E-state index < -0.39 is 0 Å². The van der Waals surface area contributed by atoms with Crippen molar-refractivity contribution in [1.29, 1.82) is 0 Å². The minimum absolute atomic E-state index is 0.262. The first-order valence-corrected chi connectivity index (χ1v) is 5.68. The van der Waals surface area contributed by atoms with Crippen molar-refractivity contribution in [2.45, 2.75) is 50.7 Å². The van der Waals surface area contributed by atoms with Crippen molar-refractivity contribution >= 4 is 0 Å². The van der Waals surface area contributed by atoms with E-state index >= 15 is 0 Å². The molecule has 0 aromatic rings. The molecule has 3 N–H and O–H groups in total. The van der Waals surface area contributed by atoms with Gasteiger partial charge in [-0.15, -0.1) is 0 Å². The molecule has 2 aliphatic rings. The molecule has 3 nitrogen and oxygen atoms in total. The SMILES string of the molecule is NNC(C1=CCCCC1)C1CCCO1. The number of nitrogens with one attached hydrogen (secondary N) is 1. The maximum Gasteiger partial charge on any atom is 0.0780 e. The maximum atomic E-state index is 5.68. The zero-order chi connectivity index (χ0) is 9.80. The number of hydrogen-bond donors (Lipinski definition) is 2. The summed E-state index contributed by atoms with van der Waals surface area (Å²) >= 11 is 0. The summed E-state index contributed by atoms with van der Waals surface area (Å²) in [5.41, 5.74) is 4.38. The lowest BCUT2D eigenvalue weighted by molar-refractivity contribution is 0.0871.